The van der Waals surface area contributed by atoms with E-state index in [9.17, 15) is 35.9 Å². The third-order valence-electron chi connectivity index (χ3n) is 4.32. The lowest BCUT2D eigenvalue weighted by molar-refractivity contribution is -0.138. The fourth-order valence-corrected chi connectivity index (χ4v) is 2.79. The fourth-order valence-electron chi connectivity index (χ4n) is 2.79. The van der Waals surface area contributed by atoms with E-state index in [2.05, 4.69) is 10.6 Å². The van der Waals surface area contributed by atoms with E-state index in [0.29, 0.717) is 6.07 Å². The molecule has 0 atom stereocenters. The molecule has 0 aliphatic heterocycles. The van der Waals surface area contributed by atoms with Crippen molar-refractivity contribution in [3.8, 4) is 0 Å². The maximum absolute atomic E-state index is 12.9. The molecule has 3 rings (SSSR count). The Kier molecular flexibility index (Phi) is 6.24. The Balaban J connectivity index is 1.82. The van der Waals surface area contributed by atoms with Gasteiger partial charge in [0.2, 0.25) is 0 Å². The Morgan fingerprint density at radius 2 is 1.22 bits per heavy atom. The highest BCUT2D eigenvalue weighted by Gasteiger charge is 2.31. The molecule has 0 unspecified atom stereocenters. The average molecular weight is 452 g/mol. The third-order valence-corrected chi connectivity index (χ3v) is 4.32. The highest BCUT2D eigenvalue weighted by Crippen LogP contribution is 2.31. The summed E-state index contributed by atoms with van der Waals surface area (Å²) < 4.78 is 77.3. The lowest BCUT2D eigenvalue weighted by Gasteiger charge is -2.13. The number of hydrogen-bond acceptors (Lipinski definition) is 2. The fraction of sp³-hybridized carbons (Fsp3) is 0.0909. The number of carbonyl (C=O) groups excluding carboxylic acids is 2. The zero-order valence-corrected chi connectivity index (χ0v) is 16.0. The molecular formula is C22H14F6N2O2. The van der Waals surface area contributed by atoms with Crippen LogP contribution in [0.25, 0.3) is 0 Å². The number of amides is 2. The first kappa shape index (κ1) is 22.9. The average Bonchev–Trinajstić information content (AvgIpc) is 2.73. The molecule has 0 saturated carbocycles. The summed E-state index contributed by atoms with van der Waals surface area (Å²) in [6.45, 7) is 0. The van der Waals surface area contributed by atoms with Crippen LogP contribution in [-0.4, -0.2) is 11.8 Å². The Labute approximate surface area is 177 Å². The van der Waals surface area contributed by atoms with Crippen LogP contribution in [0.15, 0.2) is 72.8 Å². The highest BCUT2D eigenvalue weighted by molar-refractivity contribution is 6.12. The monoisotopic (exact) mass is 452 g/mol. The molecule has 10 heteroatoms. The molecular weight excluding hydrogens is 438 g/mol. The second-order valence-electron chi connectivity index (χ2n) is 6.61. The normalized spacial score (nSPS) is 11.7. The van der Waals surface area contributed by atoms with Crippen molar-refractivity contribution in [3.05, 3.63) is 95.1 Å². The van der Waals surface area contributed by atoms with E-state index in [1.165, 1.54) is 36.4 Å². The smallest absolute Gasteiger partial charge is 0.322 e. The Hall–Kier alpha value is -3.82. The van der Waals surface area contributed by atoms with Crippen LogP contribution in [0.2, 0.25) is 0 Å². The van der Waals surface area contributed by atoms with Gasteiger partial charge in [-0.25, -0.2) is 0 Å². The molecule has 0 aliphatic rings. The second-order valence-corrected chi connectivity index (χ2v) is 6.61. The standard InChI is InChI=1S/C22H14F6N2O2/c23-21(24,25)14-6-3-5-13(11-14)19(31)30-18-10-2-1-9-17(18)20(32)29-16-8-4-7-15(12-16)22(26,27)28/h1-12H,(H,29,32)(H,30,31). The predicted octanol–water partition coefficient (Wildman–Crippen LogP) is 6.23. The first-order chi connectivity index (χ1) is 14.9. The number of hydrogen-bond donors (Lipinski definition) is 2. The van der Waals surface area contributed by atoms with E-state index in [1.807, 2.05) is 0 Å². The number of benzene rings is 3. The van der Waals surface area contributed by atoms with Crippen molar-refractivity contribution in [3.63, 3.8) is 0 Å². The van der Waals surface area contributed by atoms with Crippen LogP contribution in [0, 0.1) is 0 Å². The molecule has 0 fully saturated rings. The zero-order chi connectivity index (χ0) is 23.5. The zero-order valence-electron chi connectivity index (χ0n) is 16.0. The van der Waals surface area contributed by atoms with Gasteiger partial charge >= 0.3 is 12.4 Å². The minimum atomic E-state index is -4.64. The van der Waals surface area contributed by atoms with Gasteiger partial charge in [-0.1, -0.05) is 24.3 Å². The lowest BCUT2D eigenvalue weighted by atomic mass is 10.1. The topological polar surface area (TPSA) is 58.2 Å². The molecule has 2 amide bonds. The van der Waals surface area contributed by atoms with Gasteiger partial charge in [0.05, 0.1) is 22.4 Å². The third kappa shape index (κ3) is 5.45. The van der Waals surface area contributed by atoms with Crippen LogP contribution in [-0.2, 0) is 12.4 Å². The second kappa shape index (κ2) is 8.74. The molecule has 32 heavy (non-hydrogen) atoms. The van der Waals surface area contributed by atoms with Gasteiger partial charge in [0.1, 0.15) is 0 Å². The van der Waals surface area contributed by atoms with E-state index < -0.39 is 35.3 Å². The number of para-hydroxylation sites is 1. The summed E-state index contributed by atoms with van der Waals surface area (Å²) in [7, 11) is 0. The molecule has 0 radical (unpaired) electrons. The molecule has 0 bridgehead atoms. The molecule has 0 spiro atoms. The van der Waals surface area contributed by atoms with Gasteiger partial charge in [-0.3, -0.25) is 9.59 Å². The number of carbonyl (C=O) groups is 2. The molecule has 166 valence electrons. The Morgan fingerprint density at radius 1 is 0.625 bits per heavy atom. The number of anilines is 2. The van der Waals surface area contributed by atoms with Crippen molar-refractivity contribution >= 4 is 23.2 Å². The molecule has 0 heterocycles. The van der Waals surface area contributed by atoms with Crippen LogP contribution in [0.5, 0.6) is 0 Å². The van der Waals surface area contributed by atoms with Gasteiger partial charge in [-0.05, 0) is 48.5 Å². The number of rotatable bonds is 4. The van der Waals surface area contributed by atoms with Crippen molar-refractivity contribution in [2.24, 2.45) is 0 Å². The minimum Gasteiger partial charge on any atom is -0.322 e. The lowest BCUT2D eigenvalue weighted by Crippen LogP contribution is -2.19. The van der Waals surface area contributed by atoms with Gasteiger partial charge in [0.15, 0.2) is 0 Å². The van der Waals surface area contributed by atoms with Gasteiger partial charge in [-0.15, -0.1) is 0 Å². The SMILES string of the molecule is O=C(Nc1ccccc1C(=O)Nc1cccc(C(F)(F)F)c1)c1cccc(C(F)(F)F)c1. The molecule has 2 N–H and O–H groups in total. The number of alkyl halides is 6. The molecule has 4 nitrogen and oxygen atoms in total. The van der Waals surface area contributed by atoms with Crippen LogP contribution in [0.3, 0.4) is 0 Å². The molecule has 3 aromatic rings. The van der Waals surface area contributed by atoms with Crippen molar-refractivity contribution in [1.29, 1.82) is 0 Å². The largest absolute Gasteiger partial charge is 0.416 e. The number of nitrogens with one attached hydrogen (secondary N) is 2. The maximum atomic E-state index is 12.9. The summed E-state index contributed by atoms with van der Waals surface area (Å²) in [6, 6.07) is 13.3. The summed E-state index contributed by atoms with van der Waals surface area (Å²) in [5.74, 6) is -1.71. The van der Waals surface area contributed by atoms with Gasteiger partial charge in [0.25, 0.3) is 11.8 Å². The molecule has 0 saturated heterocycles. The van der Waals surface area contributed by atoms with E-state index in [4.69, 9.17) is 0 Å². The van der Waals surface area contributed by atoms with E-state index >= 15 is 0 Å². The minimum absolute atomic E-state index is 0.0283. The van der Waals surface area contributed by atoms with Crippen molar-refractivity contribution in [2.45, 2.75) is 12.4 Å². The first-order valence-corrected chi connectivity index (χ1v) is 9.01. The van der Waals surface area contributed by atoms with Crippen LogP contribution < -0.4 is 10.6 Å². The summed E-state index contributed by atoms with van der Waals surface area (Å²) in [6.07, 6.45) is -9.24. The molecule has 0 aliphatic carbocycles. The van der Waals surface area contributed by atoms with E-state index in [-0.39, 0.29) is 22.5 Å². The first-order valence-electron chi connectivity index (χ1n) is 9.01. The number of halogens is 6. The van der Waals surface area contributed by atoms with E-state index in [1.54, 1.807) is 0 Å². The van der Waals surface area contributed by atoms with Crippen molar-refractivity contribution in [2.75, 3.05) is 10.6 Å². The summed E-state index contributed by atoms with van der Waals surface area (Å²) >= 11 is 0. The summed E-state index contributed by atoms with van der Waals surface area (Å²) in [5, 5.41) is 4.67. The van der Waals surface area contributed by atoms with E-state index in [0.717, 1.165) is 30.3 Å². The highest BCUT2D eigenvalue weighted by atomic mass is 19.4. The Morgan fingerprint density at radius 3 is 1.88 bits per heavy atom. The van der Waals surface area contributed by atoms with Gasteiger partial charge in [0, 0.05) is 11.3 Å². The molecule has 0 aromatic heterocycles. The van der Waals surface area contributed by atoms with Gasteiger partial charge < -0.3 is 10.6 Å². The van der Waals surface area contributed by atoms with Crippen LogP contribution in [0.1, 0.15) is 31.8 Å². The summed E-state index contributed by atoms with van der Waals surface area (Å²) in [5.41, 5.74) is -2.50. The maximum Gasteiger partial charge on any atom is 0.416 e. The van der Waals surface area contributed by atoms with Crippen molar-refractivity contribution < 1.29 is 35.9 Å². The molecule has 3 aromatic carbocycles. The van der Waals surface area contributed by atoms with Gasteiger partial charge in [-0.2, -0.15) is 26.3 Å². The summed E-state index contributed by atoms with van der Waals surface area (Å²) in [4.78, 5) is 25.1. The van der Waals surface area contributed by atoms with Crippen LogP contribution >= 0.6 is 0 Å². The van der Waals surface area contributed by atoms with Crippen molar-refractivity contribution in [1.82, 2.24) is 0 Å². The van der Waals surface area contributed by atoms with Crippen LogP contribution in [0.4, 0.5) is 37.7 Å². The quantitative estimate of drug-likeness (QED) is 0.461. The predicted molar refractivity (Wildman–Crippen MR) is 105 cm³/mol. The Bertz CT molecular complexity index is 1160.